The number of likely N-dealkylation sites (tertiary alicyclic amines) is 1. The van der Waals surface area contributed by atoms with Gasteiger partial charge >= 0.3 is 6.09 Å². The van der Waals surface area contributed by atoms with Gasteiger partial charge in [-0.2, -0.15) is 0 Å². The third-order valence-corrected chi connectivity index (χ3v) is 7.47. The van der Waals surface area contributed by atoms with Crippen molar-refractivity contribution in [3.8, 4) is 5.75 Å². The molecule has 0 radical (unpaired) electrons. The van der Waals surface area contributed by atoms with E-state index < -0.39 is 12.5 Å². The van der Waals surface area contributed by atoms with Gasteiger partial charge in [0.15, 0.2) is 0 Å². The summed E-state index contributed by atoms with van der Waals surface area (Å²) >= 11 is 6.00. The Balaban J connectivity index is 1.41. The van der Waals surface area contributed by atoms with Crippen LogP contribution in [0, 0.1) is 19.8 Å². The highest BCUT2D eigenvalue weighted by Crippen LogP contribution is 2.27. The monoisotopic (exact) mass is 529 g/mol. The molecule has 1 fully saturated rings. The van der Waals surface area contributed by atoms with E-state index in [-0.39, 0.29) is 6.42 Å². The van der Waals surface area contributed by atoms with Crippen LogP contribution < -0.4 is 4.74 Å². The summed E-state index contributed by atoms with van der Waals surface area (Å²) in [7, 11) is 0. The number of ether oxygens (including phenoxy) is 2. The summed E-state index contributed by atoms with van der Waals surface area (Å²) in [4.78, 5) is 19.0. The van der Waals surface area contributed by atoms with Crippen LogP contribution >= 0.6 is 11.6 Å². The normalized spacial score (nSPS) is 16.7. The number of imidazole rings is 1. The SMILES string of the molecule is CCCC(F)OC(=O)N1CCCC(CCCn2c(COc3ccc(Cl)cc3)nc3c(C)c(C)ccc32)C1. The molecular formula is C29H37ClFN3O3. The minimum Gasteiger partial charge on any atom is -0.486 e. The van der Waals surface area contributed by atoms with Crippen molar-refractivity contribution in [1.29, 1.82) is 0 Å². The molecule has 0 spiro atoms. The summed E-state index contributed by atoms with van der Waals surface area (Å²) in [6.45, 7) is 8.50. The van der Waals surface area contributed by atoms with Gasteiger partial charge in [0.2, 0.25) is 6.36 Å². The van der Waals surface area contributed by atoms with E-state index in [0.717, 1.165) is 54.8 Å². The Bertz CT molecular complexity index is 1200. The molecule has 0 saturated carbocycles. The highest BCUT2D eigenvalue weighted by molar-refractivity contribution is 6.30. The maximum absolute atomic E-state index is 13.8. The Morgan fingerprint density at radius 3 is 2.76 bits per heavy atom. The molecule has 2 heterocycles. The molecule has 4 rings (SSSR count). The number of nitrogens with zero attached hydrogens (tertiary/aromatic N) is 3. The fourth-order valence-corrected chi connectivity index (χ4v) is 5.11. The predicted octanol–water partition coefficient (Wildman–Crippen LogP) is 7.61. The van der Waals surface area contributed by atoms with Gasteiger partial charge in [0.25, 0.3) is 0 Å². The lowest BCUT2D eigenvalue weighted by Crippen LogP contribution is -2.41. The van der Waals surface area contributed by atoms with Gasteiger partial charge in [0.05, 0.1) is 11.0 Å². The molecule has 0 N–H and O–H groups in total. The maximum atomic E-state index is 13.8. The molecule has 6 nitrogen and oxygen atoms in total. The minimum atomic E-state index is -1.52. The summed E-state index contributed by atoms with van der Waals surface area (Å²) in [5.41, 5.74) is 4.51. The van der Waals surface area contributed by atoms with Crippen LogP contribution in [-0.2, 0) is 17.9 Å². The summed E-state index contributed by atoms with van der Waals surface area (Å²) in [6.07, 6.45) is 2.73. The predicted molar refractivity (Wildman–Crippen MR) is 145 cm³/mol. The molecule has 1 aliphatic heterocycles. The first kappa shape index (κ1) is 27.2. The van der Waals surface area contributed by atoms with Crippen molar-refractivity contribution in [2.24, 2.45) is 5.92 Å². The number of piperidine rings is 1. The molecule has 0 bridgehead atoms. The van der Waals surface area contributed by atoms with Gasteiger partial charge < -0.3 is 18.9 Å². The molecule has 2 atom stereocenters. The number of hydrogen-bond donors (Lipinski definition) is 0. The molecule has 37 heavy (non-hydrogen) atoms. The number of aryl methyl sites for hydroxylation is 3. The van der Waals surface area contributed by atoms with Crippen LogP contribution in [0.5, 0.6) is 5.75 Å². The van der Waals surface area contributed by atoms with E-state index >= 15 is 0 Å². The van der Waals surface area contributed by atoms with E-state index in [1.807, 2.05) is 31.2 Å². The first-order chi connectivity index (χ1) is 17.9. The number of amides is 1. The Morgan fingerprint density at radius 1 is 1.22 bits per heavy atom. The summed E-state index contributed by atoms with van der Waals surface area (Å²) in [5, 5.41) is 0.672. The molecule has 2 aromatic carbocycles. The lowest BCUT2D eigenvalue weighted by Gasteiger charge is -2.32. The Morgan fingerprint density at radius 2 is 2.00 bits per heavy atom. The first-order valence-electron chi connectivity index (χ1n) is 13.3. The van der Waals surface area contributed by atoms with Gasteiger partial charge in [0.1, 0.15) is 18.2 Å². The molecule has 200 valence electrons. The van der Waals surface area contributed by atoms with Crippen LogP contribution in [0.2, 0.25) is 5.02 Å². The van der Waals surface area contributed by atoms with Gasteiger partial charge in [-0.25, -0.2) is 14.2 Å². The zero-order chi connectivity index (χ0) is 26.4. The van der Waals surface area contributed by atoms with Gasteiger partial charge in [-0.1, -0.05) is 24.6 Å². The summed E-state index contributed by atoms with van der Waals surface area (Å²) in [6, 6.07) is 11.6. The molecule has 1 saturated heterocycles. The number of carbonyl (C=O) groups is 1. The zero-order valence-corrected chi connectivity index (χ0v) is 22.8. The summed E-state index contributed by atoms with van der Waals surface area (Å²) < 4.78 is 27.1. The van der Waals surface area contributed by atoms with Crippen LogP contribution in [0.25, 0.3) is 11.0 Å². The van der Waals surface area contributed by atoms with Crippen molar-refractivity contribution in [3.05, 3.63) is 58.4 Å². The fourth-order valence-electron chi connectivity index (χ4n) is 4.99. The number of fused-ring (bicyclic) bond motifs is 1. The lowest BCUT2D eigenvalue weighted by molar-refractivity contribution is -0.0165. The van der Waals surface area contributed by atoms with Crippen molar-refractivity contribution < 1.29 is 18.7 Å². The molecule has 8 heteroatoms. The molecule has 1 aliphatic rings. The highest BCUT2D eigenvalue weighted by atomic mass is 35.5. The van der Waals surface area contributed by atoms with Crippen molar-refractivity contribution in [2.45, 2.75) is 78.8 Å². The van der Waals surface area contributed by atoms with E-state index in [2.05, 4.69) is 30.5 Å². The molecule has 0 aliphatic carbocycles. The van der Waals surface area contributed by atoms with Crippen LogP contribution in [-0.4, -0.2) is 40.0 Å². The van der Waals surface area contributed by atoms with E-state index in [9.17, 15) is 9.18 Å². The van der Waals surface area contributed by atoms with Gasteiger partial charge in [-0.05, 0) is 93.3 Å². The van der Waals surface area contributed by atoms with Crippen LogP contribution in [0.4, 0.5) is 9.18 Å². The Kier molecular flexibility index (Phi) is 9.30. The van der Waals surface area contributed by atoms with E-state index in [4.69, 9.17) is 26.1 Å². The zero-order valence-electron chi connectivity index (χ0n) is 22.0. The molecule has 1 amide bonds. The van der Waals surface area contributed by atoms with Crippen LogP contribution in [0.15, 0.2) is 36.4 Å². The quantitative estimate of drug-likeness (QED) is 0.271. The Labute approximate surface area is 223 Å². The second-order valence-electron chi connectivity index (χ2n) is 9.98. The van der Waals surface area contributed by atoms with Crippen molar-refractivity contribution in [2.75, 3.05) is 13.1 Å². The van der Waals surface area contributed by atoms with Crippen LogP contribution in [0.3, 0.4) is 0 Å². The number of alkyl halides is 1. The third-order valence-electron chi connectivity index (χ3n) is 7.22. The van der Waals surface area contributed by atoms with Crippen molar-refractivity contribution in [3.63, 3.8) is 0 Å². The molecule has 1 aromatic heterocycles. The first-order valence-corrected chi connectivity index (χ1v) is 13.7. The number of aromatic nitrogens is 2. The Hall–Kier alpha value is -2.80. The number of rotatable bonds is 10. The topological polar surface area (TPSA) is 56.6 Å². The van der Waals surface area contributed by atoms with Gasteiger partial charge in [-0.3, -0.25) is 0 Å². The van der Waals surface area contributed by atoms with E-state index in [1.165, 1.54) is 11.1 Å². The lowest BCUT2D eigenvalue weighted by atomic mass is 9.93. The molecular weight excluding hydrogens is 493 g/mol. The van der Waals surface area contributed by atoms with Gasteiger partial charge in [0, 0.05) is 31.1 Å². The number of hydrogen-bond acceptors (Lipinski definition) is 4. The second-order valence-corrected chi connectivity index (χ2v) is 10.4. The second kappa shape index (κ2) is 12.6. The number of halogens is 2. The molecule has 3 aromatic rings. The molecule has 2 unspecified atom stereocenters. The van der Waals surface area contributed by atoms with Crippen molar-refractivity contribution in [1.82, 2.24) is 14.5 Å². The number of carbonyl (C=O) groups excluding carboxylic acids is 1. The smallest absolute Gasteiger partial charge is 0.412 e. The average molecular weight is 530 g/mol. The van der Waals surface area contributed by atoms with Gasteiger partial charge in [-0.15, -0.1) is 0 Å². The average Bonchev–Trinajstić information content (AvgIpc) is 3.24. The standard InChI is InChI=1S/C29H37ClFN3O3/c1-4-7-26(31)37-29(35)33-16-5-8-22(18-33)9-6-17-34-25-15-10-20(2)21(3)28(25)32-27(34)19-36-24-13-11-23(30)12-14-24/h10-15,22,26H,4-9,16-19H2,1-3H3. The third kappa shape index (κ3) is 6.95. The van der Waals surface area contributed by atoms with Crippen LogP contribution in [0.1, 0.15) is 62.4 Å². The fraction of sp³-hybridized carbons (Fsp3) is 0.517. The van der Waals surface area contributed by atoms with E-state index in [1.54, 1.807) is 4.90 Å². The number of benzene rings is 2. The van der Waals surface area contributed by atoms with Crippen molar-refractivity contribution >= 4 is 28.7 Å². The minimum absolute atomic E-state index is 0.241. The largest absolute Gasteiger partial charge is 0.486 e. The highest BCUT2D eigenvalue weighted by Gasteiger charge is 2.26. The summed E-state index contributed by atoms with van der Waals surface area (Å²) in [5.74, 6) is 2.01. The van der Waals surface area contributed by atoms with E-state index in [0.29, 0.717) is 37.1 Å². The maximum Gasteiger partial charge on any atom is 0.412 e.